The number of hydrogen-bond acceptors (Lipinski definition) is 0. The second kappa shape index (κ2) is 11.5. The molecule has 7 rings (SSSR count). The van der Waals surface area contributed by atoms with Gasteiger partial charge in [0, 0.05) is 0 Å². The van der Waals surface area contributed by atoms with Crippen LogP contribution in [0.15, 0.2) is 109 Å². The maximum absolute atomic E-state index is 7.98. The predicted octanol–water partition coefficient (Wildman–Crippen LogP) is 8.35. The zero-order valence-corrected chi connectivity index (χ0v) is 29.5. The number of fused-ring (bicyclic) bond motifs is 4. The molecule has 1 aliphatic carbocycles. The minimum atomic E-state index is -4.12. The Morgan fingerprint density at radius 3 is 2.19 bits per heavy atom. The Morgan fingerprint density at radius 1 is 0.690 bits per heavy atom. The normalized spacial score (nSPS) is 15.8. The van der Waals surface area contributed by atoms with Gasteiger partial charge in [0.05, 0.1) is 0 Å². The zero-order chi connectivity index (χ0) is 28.8. The Hall–Kier alpha value is -2.48. The second-order valence-corrected chi connectivity index (χ2v) is 27.4. The molecule has 0 nitrogen and oxygen atoms in total. The molecule has 42 heavy (non-hydrogen) atoms. The van der Waals surface area contributed by atoms with Crippen molar-refractivity contribution < 1.29 is 17.9 Å². The van der Waals surface area contributed by atoms with Crippen LogP contribution in [0.2, 0.25) is 0 Å². The van der Waals surface area contributed by atoms with E-state index in [0.29, 0.717) is 0 Å². The van der Waals surface area contributed by atoms with Crippen LogP contribution in [-0.2, 0) is 30.7 Å². The van der Waals surface area contributed by atoms with Crippen molar-refractivity contribution in [2.45, 2.75) is 36.7 Å². The van der Waals surface area contributed by atoms with Gasteiger partial charge in [-0.15, -0.1) is 0 Å². The van der Waals surface area contributed by atoms with Crippen molar-refractivity contribution >= 4 is 51.8 Å². The second-order valence-electron chi connectivity index (χ2n) is 11.6. The van der Waals surface area contributed by atoms with E-state index in [1.807, 2.05) is 0 Å². The Morgan fingerprint density at radius 2 is 1.40 bits per heavy atom. The molecule has 1 heterocycles. The van der Waals surface area contributed by atoms with E-state index in [9.17, 15) is 0 Å². The quantitative estimate of drug-likeness (QED) is 0.149. The summed E-state index contributed by atoms with van der Waals surface area (Å²) in [6.07, 6.45) is 5.60. The first-order valence-corrected chi connectivity index (χ1v) is 25.5. The first kappa shape index (κ1) is 28.3. The number of aryl methyl sites for hydroxylation is 2. The molecule has 5 aromatic carbocycles. The summed E-state index contributed by atoms with van der Waals surface area (Å²) >= 11 is -4.12. The Kier molecular flexibility index (Phi) is 7.78. The monoisotopic (exact) mass is 678 g/mol. The van der Waals surface area contributed by atoms with Crippen LogP contribution in [0.3, 0.4) is 0 Å². The number of rotatable bonds is 7. The molecule has 5 aromatic rings. The minimum absolute atomic E-state index is 0.00691. The summed E-state index contributed by atoms with van der Waals surface area (Å²) in [5.41, 5.74) is 13.4. The molecule has 2 aliphatic rings. The first-order valence-electron chi connectivity index (χ1n) is 15.1. The fraction of sp³-hybridized carbons (Fsp3) is 0.158. The predicted molar refractivity (Wildman–Crippen MR) is 183 cm³/mol. The molecule has 0 bridgehead atoms. The Balaban J connectivity index is 1.47. The number of benzene rings is 5. The van der Waals surface area contributed by atoms with Crippen LogP contribution in [0.5, 0.6) is 0 Å². The molecule has 0 spiro atoms. The van der Waals surface area contributed by atoms with Gasteiger partial charge < -0.3 is 0 Å². The maximum atomic E-state index is 7.98. The van der Waals surface area contributed by atoms with E-state index >= 15 is 0 Å². The molecular formula is C38H34Cl2SiZr. The summed E-state index contributed by atoms with van der Waals surface area (Å²) in [5.74, 6) is 0. The Labute approximate surface area is 263 Å². The number of hydrogen-bond donors (Lipinski definition) is 0. The van der Waals surface area contributed by atoms with Gasteiger partial charge >= 0.3 is 266 Å². The molecule has 1 unspecified atom stereocenters. The van der Waals surface area contributed by atoms with Crippen LogP contribution in [0.4, 0.5) is 0 Å². The van der Waals surface area contributed by atoms with Crippen molar-refractivity contribution in [1.82, 2.24) is 0 Å². The SMILES string of the molecule is CCCc1ccc2c(c1-c1ccccc1CC)C=C(c1ccccc1)[CH]2[Zr]([Cl])([Cl])[c]1cccc2c1[SiH2]c1ccccc1-2. The molecular weight excluding hydrogens is 647 g/mol. The zero-order valence-electron chi connectivity index (χ0n) is 24.1. The van der Waals surface area contributed by atoms with Gasteiger partial charge in [-0.1, -0.05) is 0 Å². The summed E-state index contributed by atoms with van der Waals surface area (Å²) in [6.45, 7) is 4.53. The van der Waals surface area contributed by atoms with E-state index in [1.165, 1.54) is 69.3 Å². The average Bonchev–Trinajstić information content (AvgIpc) is 3.61. The molecule has 0 N–H and O–H groups in total. The molecule has 0 radical (unpaired) electrons. The van der Waals surface area contributed by atoms with E-state index in [0.717, 1.165) is 19.3 Å². The van der Waals surface area contributed by atoms with E-state index in [1.54, 1.807) is 0 Å². The van der Waals surface area contributed by atoms with Crippen molar-refractivity contribution in [2.75, 3.05) is 0 Å². The standard InChI is InChI=1S/C26H25.C12H9Si.2ClH.Zr/c1-3-10-21-15-16-22-17-23(20-12-6-5-7-13-20)18-25(22)26(21)24-14-9-8-11-19(24)4-2;1-3-7-11-9(5-1)10-6-2-4-8-12(10)13-11;;;/h5-9,11-18H,3-4,10H2,1-2H3;1-7H,13H2;2*1H;/q;;;;+2/p-2. The third-order valence-electron chi connectivity index (χ3n) is 9.15. The molecule has 0 saturated carbocycles. The summed E-state index contributed by atoms with van der Waals surface area (Å²) in [7, 11) is 15.3. The van der Waals surface area contributed by atoms with Gasteiger partial charge in [0.25, 0.3) is 0 Å². The molecule has 4 heteroatoms. The van der Waals surface area contributed by atoms with Gasteiger partial charge in [-0.25, -0.2) is 0 Å². The van der Waals surface area contributed by atoms with Crippen LogP contribution in [-0.4, -0.2) is 9.52 Å². The van der Waals surface area contributed by atoms with Gasteiger partial charge in [-0.3, -0.25) is 0 Å². The van der Waals surface area contributed by atoms with Crippen LogP contribution in [0.25, 0.3) is 33.9 Å². The van der Waals surface area contributed by atoms with Gasteiger partial charge in [0.15, 0.2) is 0 Å². The van der Waals surface area contributed by atoms with Gasteiger partial charge in [-0.05, 0) is 0 Å². The topological polar surface area (TPSA) is 0 Å². The molecule has 1 aliphatic heterocycles. The number of allylic oxidation sites excluding steroid dienone is 1. The van der Waals surface area contributed by atoms with E-state index in [-0.39, 0.29) is 3.63 Å². The van der Waals surface area contributed by atoms with E-state index in [2.05, 4.69) is 129 Å². The molecule has 1 atom stereocenters. The first-order chi connectivity index (χ1) is 20.5. The fourth-order valence-corrected chi connectivity index (χ4v) is 23.7. The van der Waals surface area contributed by atoms with Crippen molar-refractivity contribution in [3.63, 3.8) is 0 Å². The van der Waals surface area contributed by atoms with Crippen LogP contribution in [0.1, 0.15) is 51.7 Å². The fourth-order valence-electron chi connectivity index (χ4n) is 7.26. The van der Waals surface area contributed by atoms with E-state index in [4.69, 9.17) is 17.0 Å². The summed E-state index contributed by atoms with van der Waals surface area (Å²) in [5, 5.41) is 2.98. The Bertz CT molecular complexity index is 1840. The van der Waals surface area contributed by atoms with Crippen molar-refractivity contribution in [3.8, 4) is 22.3 Å². The molecule has 0 fully saturated rings. The van der Waals surface area contributed by atoms with Crippen molar-refractivity contribution in [1.29, 1.82) is 0 Å². The average molecular weight is 681 g/mol. The third-order valence-corrected chi connectivity index (χ3v) is 23.4. The van der Waals surface area contributed by atoms with Crippen LogP contribution >= 0.6 is 17.0 Å². The molecule has 0 aromatic heterocycles. The third kappa shape index (κ3) is 4.67. The molecule has 0 saturated heterocycles. The summed E-state index contributed by atoms with van der Waals surface area (Å²) in [4.78, 5) is 0. The van der Waals surface area contributed by atoms with Crippen LogP contribution < -0.4 is 13.6 Å². The molecule has 0 amide bonds. The van der Waals surface area contributed by atoms with Gasteiger partial charge in [-0.2, -0.15) is 0 Å². The summed E-state index contributed by atoms with van der Waals surface area (Å²) in [6, 6.07) is 40.1. The number of halogens is 2. The van der Waals surface area contributed by atoms with Crippen LogP contribution in [0, 0.1) is 0 Å². The molecule has 208 valence electrons. The van der Waals surface area contributed by atoms with E-state index < -0.39 is 27.4 Å². The van der Waals surface area contributed by atoms with Crippen molar-refractivity contribution in [3.05, 3.63) is 137 Å². The van der Waals surface area contributed by atoms with Crippen molar-refractivity contribution in [2.24, 2.45) is 0 Å². The van der Waals surface area contributed by atoms with Gasteiger partial charge in [0.1, 0.15) is 0 Å². The summed E-state index contributed by atoms with van der Waals surface area (Å²) < 4.78 is 1.29. The van der Waals surface area contributed by atoms with Gasteiger partial charge in [0.2, 0.25) is 0 Å².